The predicted molar refractivity (Wildman–Crippen MR) is 88.1 cm³/mol. The minimum Gasteiger partial charge on any atom is -0.507 e. The SMILES string of the molecule is CN(Cc1ccc(Cl)cc1)C(=O)c1cc(I)ccc1O. The molecule has 0 unspecified atom stereocenters. The summed E-state index contributed by atoms with van der Waals surface area (Å²) in [5, 5.41) is 10.5. The number of rotatable bonds is 3. The van der Waals surface area contributed by atoms with Crippen molar-refractivity contribution in [2.75, 3.05) is 7.05 Å². The Morgan fingerprint density at radius 1 is 1.25 bits per heavy atom. The third kappa shape index (κ3) is 3.64. The highest BCUT2D eigenvalue weighted by Crippen LogP contribution is 2.22. The maximum atomic E-state index is 12.3. The van der Waals surface area contributed by atoms with Crippen molar-refractivity contribution in [3.05, 3.63) is 62.2 Å². The van der Waals surface area contributed by atoms with Gasteiger partial charge in [-0.1, -0.05) is 23.7 Å². The third-order valence-electron chi connectivity index (χ3n) is 2.87. The monoisotopic (exact) mass is 401 g/mol. The highest BCUT2D eigenvalue weighted by atomic mass is 127. The minimum absolute atomic E-state index is 0.00151. The normalized spacial score (nSPS) is 10.3. The summed E-state index contributed by atoms with van der Waals surface area (Å²) >= 11 is 7.94. The zero-order chi connectivity index (χ0) is 14.7. The minimum atomic E-state index is -0.212. The molecule has 20 heavy (non-hydrogen) atoms. The molecule has 0 heterocycles. The van der Waals surface area contributed by atoms with Gasteiger partial charge in [-0.05, 0) is 58.5 Å². The second kappa shape index (κ2) is 6.45. The smallest absolute Gasteiger partial charge is 0.257 e. The number of halogens is 2. The fourth-order valence-electron chi connectivity index (χ4n) is 1.82. The number of nitrogens with zero attached hydrogens (tertiary/aromatic N) is 1. The fraction of sp³-hybridized carbons (Fsp3) is 0.133. The van der Waals surface area contributed by atoms with E-state index in [1.165, 1.54) is 6.07 Å². The molecule has 0 spiro atoms. The van der Waals surface area contributed by atoms with Crippen LogP contribution in [0, 0.1) is 3.57 Å². The first-order valence-electron chi connectivity index (χ1n) is 5.96. The van der Waals surface area contributed by atoms with Crippen molar-refractivity contribution in [1.29, 1.82) is 0 Å². The molecule has 0 saturated carbocycles. The maximum absolute atomic E-state index is 12.3. The van der Waals surface area contributed by atoms with Gasteiger partial charge in [-0.3, -0.25) is 4.79 Å². The Morgan fingerprint density at radius 3 is 2.55 bits per heavy atom. The van der Waals surface area contributed by atoms with Crippen LogP contribution in [0.3, 0.4) is 0 Å². The Labute approximate surface area is 136 Å². The molecule has 1 amide bonds. The van der Waals surface area contributed by atoms with E-state index in [-0.39, 0.29) is 11.7 Å². The van der Waals surface area contributed by atoms with E-state index in [0.717, 1.165) is 9.13 Å². The largest absolute Gasteiger partial charge is 0.507 e. The first kappa shape index (κ1) is 15.1. The van der Waals surface area contributed by atoms with Crippen molar-refractivity contribution in [1.82, 2.24) is 4.90 Å². The van der Waals surface area contributed by atoms with Gasteiger partial charge in [0, 0.05) is 22.2 Å². The number of carbonyl (C=O) groups is 1. The number of phenols is 1. The molecule has 104 valence electrons. The van der Waals surface area contributed by atoms with E-state index in [0.29, 0.717) is 17.1 Å². The standard InChI is InChI=1S/C15H13ClINO2/c1-18(9-10-2-4-11(16)5-3-10)15(20)13-8-12(17)6-7-14(13)19/h2-8,19H,9H2,1H3. The Morgan fingerprint density at radius 2 is 1.90 bits per heavy atom. The lowest BCUT2D eigenvalue weighted by atomic mass is 10.1. The molecule has 0 atom stereocenters. The van der Waals surface area contributed by atoms with Gasteiger partial charge in [0.1, 0.15) is 5.75 Å². The van der Waals surface area contributed by atoms with Gasteiger partial charge in [0.15, 0.2) is 0 Å². The molecule has 2 aromatic carbocycles. The zero-order valence-electron chi connectivity index (χ0n) is 10.8. The number of benzene rings is 2. The van der Waals surface area contributed by atoms with Crippen molar-refractivity contribution in [3.63, 3.8) is 0 Å². The third-order valence-corrected chi connectivity index (χ3v) is 3.79. The van der Waals surface area contributed by atoms with Gasteiger partial charge in [-0.2, -0.15) is 0 Å². The zero-order valence-corrected chi connectivity index (χ0v) is 13.7. The predicted octanol–water partition coefficient (Wildman–Crippen LogP) is 3.92. The van der Waals surface area contributed by atoms with E-state index in [4.69, 9.17) is 11.6 Å². The first-order valence-corrected chi connectivity index (χ1v) is 7.41. The number of phenolic OH excluding ortho intramolecular Hbond substituents is 1. The summed E-state index contributed by atoms with van der Waals surface area (Å²) < 4.78 is 0.906. The molecule has 3 nitrogen and oxygen atoms in total. The van der Waals surface area contributed by atoms with Gasteiger partial charge in [0.2, 0.25) is 0 Å². The fourth-order valence-corrected chi connectivity index (χ4v) is 2.44. The van der Waals surface area contributed by atoms with E-state index in [1.54, 1.807) is 36.2 Å². The molecule has 2 aromatic rings. The van der Waals surface area contributed by atoms with E-state index in [9.17, 15) is 9.90 Å². The van der Waals surface area contributed by atoms with E-state index >= 15 is 0 Å². The van der Waals surface area contributed by atoms with Gasteiger partial charge in [-0.15, -0.1) is 0 Å². The highest BCUT2D eigenvalue weighted by molar-refractivity contribution is 14.1. The molecule has 1 N–H and O–H groups in total. The van der Waals surface area contributed by atoms with Crippen LogP contribution >= 0.6 is 34.2 Å². The molecule has 0 bridgehead atoms. The Balaban J connectivity index is 2.16. The average Bonchev–Trinajstić information content (AvgIpc) is 2.43. The van der Waals surface area contributed by atoms with E-state index in [2.05, 4.69) is 22.6 Å². The molecule has 0 radical (unpaired) electrons. The highest BCUT2D eigenvalue weighted by Gasteiger charge is 2.16. The van der Waals surface area contributed by atoms with Crippen LogP contribution in [0.5, 0.6) is 5.75 Å². The molecule has 5 heteroatoms. The molecule has 0 aliphatic carbocycles. The van der Waals surface area contributed by atoms with E-state index in [1.807, 2.05) is 12.1 Å². The number of aromatic hydroxyl groups is 1. The lowest BCUT2D eigenvalue weighted by Gasteiger charge is -2.18. The number of amides is 1. The molecule has 0 saturated heterocycles. The molecule has 0 aliphatic rings. The number of hydrogen-bond acceptors (Lipinski definition) is 2. The topological polar surface area (TPSA) is 40.5 Å². The van der Waals surface area contributed by atoms with Gasteiger partial charge < -0.3 is 10.0 Å². The Kier molecular flexibility index (Phi) is 4.88. The van der Waals surface area contributed by atoms with Crippen molar-refractivity contribution in [2.24, 2.45) is 0 Å². The second-order valence-electron chi connectivity index (χ2n) is 4.45. The van der Waals surface area contributed by atoms with E-state index < -0.39 is 0 Å². The maximum Gasteiger partial charge on any atom is 0.257 e. The van der Waals surface area contributed by atoms with Gasteiger partial charge >= 0.3 is 0 Å². The lowest BCUT2D eigenvalue weighted by Crippen LogP contribution is -2.26. The van der Waals surface area contributed by atoms with Crippen LogP contribution in [-0.2, 0) is 6.54 Å². The quantitative estimate of drug-likeness (QED) is 0.792. The lowest BCUT2D eigenvalue weighted by molar-refractivity contribution is 0.0782. The Hall–Kier alpha value is -1.27. The van der Waals surface area contributed by atoms with Gasteiger partial charge in [0.25, 0.3) is 5.91 Å². The van der Waals surface area contributed by atoms with Crippen molar-refractivity contribution < 1.29 is 9.90 Å². The molecular weight excluding hydrogens is 389 g/mol. The molecule has 0 fully saturated rings. The van der Waals surface area contributed by atoms with Crippen LogP contribution in [0.25, 0.3) is 0 Å². The molecular formula is C15H13ClINO2. The summed E-state index contributed by atoms with van der Waals surface area (Å²) in [6.45, 7) is 0.459. The summed E-state index contributed by atoms with van der Waals surface area (Å²) in [7, 11) is 1.70. The number of carbonyl (C=O) groups excluding carboxylic acids is 1. The van der Waals surface area contributed by atoms with Crippen LogP contribution in [0.1, 0.15) is 15.9 Å². The second-order valence-corrected chi connectivity index (χ2v) is 6.13. The summed E-state index contributed by atoms with van der Waals surface area (Å²) in [5.74, 6) is -0.214. The van der Waals surface area contributed by atoms with Crippen molar-refractivity contribution >= 4 is 40.1 Å². The summed E-state index contributed by atoms with van der Waals surface area (Å²) in [5.41, 5.74) is 1.30. The molecule has 0 aliphatic heterocycles. The van der Waals surface area contributed by atoms with Crippen LogP contribution < -0.4 is 0 Å². The van der Waals surface area contributed by atoms with Crippen LogP contribution in [-0.4, -0.2) is 23.0 Å². The van der Waals surface area contributed by atoms with Gasteiger partial charge in [0.05, 0.1) is 5.56 Å². The summed E-state index contributed by atoms with van der Waals surface area (Å²) in [6, 6.07) is 12.3. The van der Waals surface area contributed by atoms with Crippen LogP contribution in [0.4, 0.5) is 0 Å². The van der Waals surface area contributed by atoms with Crippen molar-refractivity contribution in [2.45, 2.75) is 6.54 Å². The van der Waals surface area contributed by atoms with Crippen LogP contribution in [0.15, 0.2) is 42.5 Å². The first-order chi connectivity index (χ1) is 9.47. The number of hydrogen-bond donors (Lipinski definition) is 1. The van der Waals surface area contributed by atoms with Crippen LogP contribution in [0.2, 0.25) is 5.02 Å². The Bertz CT molecular complexity index is 628. The molecule has 0 aromatic heterocycles. The summed E-state index contributed by atoms with van der Waals surface area (Å²) in [4.78, 5) is 13.9. The van der Waals surface area contributed by atoms with Gasteiger partial charge in [-0.25, -0.2) is 0 Å². The summed E-state index contributed by atoms with van der Waals surface area (Å²) in [6.07, 6.45) is 0. The average molecular weight is 402 g/mol. The molecule has 2 rings (SSSR count). The van der Waals surface area contributed by atoms with Crippen molar-refractivity contribution in [3.8, 4) is 5.75 Å².